The summed E-state index contributed by atoms with van der Waals surface area (Å²) in [7, 11) is 1.77. The van der Waals surface area contributed by atoms with E-state index >= 15 is 0 Å². The van der Waals surface area contributed by atoms with Gasteiger partial charge in [-0.3, -0.25) is 9.79 Å². The van der Waals surface area contributed by atoms with Crippen LogP contribution in [0.4, 0.5) is 0 Å². The normalized spacial score (nSPS) is 14.2. The molecule has 0 unspecified atom stereocenters. The van der Waals surface area contributed by atoms with Gasteiger partial charge >= 0.3 is 0 Å². The Morgan fingerprint density at radius 2 is 1.96 bits per heavy atom. The van der Waals surface area contributed by atoms with Crippen molar-refractivity contribution in [3.8, 4) is 0 Å². The number of hydrogen-bond acceptors (Lipinski definition) is 2. The SMILES string of the molecule is CN=C(NCCCNC(=O)c1cccc(Br)c1)NC1CC=CC1.I. The third-order valence-corrected chi connectivity index (χ3v) is 4.08. The molecule has 1 amide bonds. The molecule has 1 aliphatic rings. The molecule has 1 aliphatic carbocycles. The van der Waals surface area contributed by atoms with Gasteiger partial charge in [0.2, 0.25) is 0 Å². The average Bonchev–Trinajstić information content (AvgIpc) is 3.06. The highest BCUT2D eigenvalue weighted by molar-refractivity contribution is 14.0. The lowest BCUT2D eigenvalue weighted by molar-refractivity contribution is 0.0953. The maximum atomic E-state index is 12.0. The largest absolute Gasteiger partial charge is 0.356 e. The number of nitrogens with zero attached hydrogens (tertiary/aromatic N) is 1. The lowest BCUT2D eigenvalue weighted by Gasteiger charge is -2.16. The van der Waals surface area contributed by atoms with Gasteiger partial charge in [0.1, 0.15) is 0 Å². The Kier molecular flexibility index (Phi) is 10.0. The Hall–Kier alpha value is -1.09. The molecule has 1 aromatic rings. The quantitative estimate of drug-likeness (QED) is 0.183. The van der Waals surface area contributed by atoms with Crippen LogP contribution in [0, 0.1) is 0 Å². The third-order valence-electron chi connectivity index (χ3n) is 3.59. The Bertz CT molecular complexity index is 584. The van der Waals surface area contributed by atoms with Gasteiger partial charge in [-0.1, -0.05) is 34.1 Å². The molecule has 0 atom stereocenters. The molecule has 5 nitrogen and oxygen atoms in total. The summed E-state index contributed by atoms with van der Waals surface area (Å²) in [5, 5.41) is 9.57. The fraction of sp³-hybridized carbons (Fsp3) is 0.412. The van der Waals surface area contributed by atoms with Crippen molar-refractivity contribution in [1.29, 1.82) is 0 Å². The first-order chi connectivity index (χ1) is 11.2. The molecule has 0 saturated carbocycles. The maximum Gasteiger partial charge on any atom is 0.251 e. The van der Waals surface area contributed by atoms with Gasteiger partial charge in [-0.25, -0.2) is 0 Å². The number of aliphatic imine (C=N–C) groups is 1. The summed E-state index contributed by atoms with van der Waals surface area (Å²) in [6.45, 7) is 1.39. The van der Waals surface area contributed by atoms with Gasteiger partial charge in [-0.2, -0.15) is 0 Å². The van der Waals surface area contributed by atoms with Crippen molar-refractivity contribution in [3.05, 3.63) is 46.5 Å². The summed E-state index contributed by atoms with van der Waals surface area (Å²) in [6, 6.07) is 7.82. The minimum absolute atomic E-state index is 0. The van der Waals surface area contributed by atoms with Crippen molar-refractivity contribution in [2.75, 3.05) is 20.1 Å². The number of nitrogens with one attached hydrogen (secondary N) is 3. The lowest BCUT2D eigenvalue weighted by Crippen LogP contribution is -2.43. The number of amides is 1. The Balaban J connectivity index is 0.00000288. The van der Waals surface area contributed by atoms with Crippen LogP contribution in [0.1, 0.15) is 29.6 Å². The first-order valence-corrected chi connectivity index (χ1v) is 8.64. The van der Waals surface area contributed by atoms with Crippen LogP contribution >= 0.6 is 39.9 Å². The maximum absolute atomic E-state index is 12.0. The van der Waals surface area contributed by atoms with Crippen molar-refractivity contribution in [2.45, 2.75) is 25.3 Å². The molecular weight excluding hydrogens is 483 g/mol. The molecule has 0 bridgehead atoms. The van der Waals surface area contributed by atoms with Crippen molar-refractivity contribution in [1.82, 2.24) is 16.0 Å². The second-order valence-electron chi connectivity index (χ2n) is 5.40. The highest BCUT2D eigenvalue weighted by Crippen LogP contribution is 2.11. The fourth-order valence-electron chi connectivity index (χ4n) is 2.35. The van der Waals surface area contributed by atoms with E-state index in [0.717, 1.165) is 36.2 Å². The number of rotatable bonds is 6. The van der Waals surface area contributed by atoms with Crippen molar-refractivity contribution in [2.24, 2.45) is 4.99 Å². The van der Waals surface area contributed by atoms with Gasteiger partial charge in [-0.05, 0) is 37.5 Å². The van der Waals surface area contributed by atoms with Crippen molar-refractivity contribution < 1.29 is 4.79 Å². The number of benzene rings is 1. The summed E-state index contributed by atoms with van der Waals surface area (Å²) >= 11 is 3.37. The van der Waals surface area contributed by atoms with E-state index in [9.17, 15) is 4.79 Å². The van der Waals surface area contributed by atoms with Crippen LogP contribution in [0.3, 0.4) is 0 Å². The van der Waals surface area contributed by atoms with Crippen LogP contribution in [0.15, 0.2) is 45.9 Å². The molecule has 2 rings (SSSR count). The summed E-state index contributed by atoms with van der Waals surface area (Å²) in [5.41, 5.74) is 0.665. The molecule has 0 heterocycles. The highest BCUT2D eigenvalue weighted by atomic mass is 127. The van der Waals surface area contributed by atoms with E-state index in [1.807, 2.05) is 18.2 Å². The minimum atomic E-state index is -0.0502. The lowest BCUT2D eigenvalue weighted by atomic mass is 10.2. The van der Waals surface area contributed by atoms with E-state index in [4.69, 9.17) is 0 Å². The highest BCUT2D eigenvalue weighted by Gasteiger charge is 2.11. The van der Waals surface area contributed by atoms with Gasteiger partial charge < -0.3 is 16.0 Å². The number of halogens is 2. The average molecular weight is 507 g/mol. The Labute approximate surface area is 168 Å². The van der Waals surface area contributed by atoms with Crippen molar-refractivity contribution in [3.63, 3.8) is 0 Å². The standard InChI is InChI=1S/C17H23BrN4O.HI/c1-19-17(22-15-8-2-3-9-15)21-11-5-10-20-16(23)13-6-4-7-14(18)12-13;/h2-4,6-7,12,15H,5,8-11H2,1H3,(H,20,23)(H2,19,21,22);1H. The fourth-order valence-corrected chi connectivity index (χ4v) is 2.75. The molecule has 0 spiro atoms. The molecule has 1 aromatic carbocycles. The summed E-state index contributed by atoms with van der Waals surface area (Å²) in [6.07, 6.45) is 7.29. The van der Waals surface area contributed by atoms with E-state index in [0.29, 0.717) is 18.2 Å². The summed E-state index contributed by atoms with van der Waals surface area (Å²) in [5.74, 6) is 0.767. The van der Waals surface area contributed by atoms with Gasteiger partial charge in [0.05, 0.1) is 0 Å². The summed E-state index contributed by atoms with van der Waals surface area (Å²) in [4.78, 5) is 16.2. The number of carbonyl (C=O) groups excluding carboxylic acids is 1. The molecule has 0 fully saturated rings. The first kappa shape index (κ1) is 21.0. The molecule has 0 saturated heterocycles. The second kappa shape index (κ2) is 11.5. The molecule has 132 valence electrons. The van der Waals surface area contributed by atoms with Crippen LogP contribution in [-0.2, 0) is 0 Å². The number of guanidine groups is 1. The second-order valence-corrected chi connectivity index (χ2v) is 6.32. The molecule has 0 aliphatic heterocycles. The van der Waals surface area contributed by atoms with E-state index in [2.05, 4.69) is 49.0 Å². The zero-order valence-electron chi connectivity index (χ0n) is 13.7. The Morgan fingerprint density at radius 3 is 2.62 bits per heavy atom. The summed E-state index contributed by atoms with van der Waals surface area (Å²) < 4.78 is 0.906. The van der Waals surface area contributed by atoms with Crippen LogP contribution in [0.2, 0.25) is 0 Å². The van der Waals surface area contributed by atoms with Crippen LogP contribution in [0.25, 0.3) is 0 Å². The van der Waals surface area contributed by atoms with Gasteiger partial charge in [0.15, 0.2) is 5.96 Å². The van der Waals surface area contributed by atoms with E-state index in [-0.39, 0.29) is 29.9 Å². The Morgan fingerprint density at radius 1 is 1.25 bits per heavy atom. The monoisotopic (exact) mass is 506 g/mol. The zero-order valence-corrected chi connectivity index (χ0v) is 17.6. The van der Waals surface area contributed by atoms with E-state index in [1.165, 1.54) is 0 Å². The van der Waals surface area contributed by atoms with Crippen LogP contribution in [-0.4, -0.2) is 38.0 Å². The van der Waals surface area contributed by atoms with Gasteiger partial charge in [0.25, 0.3) is 5.91 Å². The van der Waals surface area contributed by atoms with Gasteiger partial charge in [0, 0.05) is 36.2 Å². The molecule has 0 radical (unpaired) electrons. The smallest absolute Gasteiger partial charge is 0.251 e. The molecule has 0 aromatic heterocycles. The minimum Gasteiger partial charge on any atom is -0.356 e. The predicted molar refractivity (Wildman–Crippen MR) is 113 cm³/mol. The van der Waals surface area contributed by atoms with Gasteiger partial charge in [-0.15, -0.1) is 24.0 Å². The number of hydrogen-bond donors (Lipinski definition) is 3. The molecule has 3 N–H and O–H groups in total. The zero-order chi connectivity index (χ0) is 16.5. The third kappa shape index (κ3) is 7.21. The molecule has 24 heavy (non-hydrogen) atoms. The van der Waals surface area contributed by atoms with Crippen LogP contribution in [0.5, 0.6) is 0 Å². The predicted octanol–water partition coefficient (Wildman–Crippen LogP) is 3.07. The van der Waals surface area contributed by atoms with Crippen molar-refractivity contribution >= 4 is 51.8 Å². The molecular formula is C17H24BrIN4O. The number of carbonyl (C=O) groups is 1. The first-order valence-electron chi connectivity index (χ1n) is 7.85. The topological polar surface area (TPSA) is 65.5 Å². The molecule has 7 heteroatoms. The van der Waals surface area contributed by atoms with E-state index in [1.54, 1.807) is 13.1 Å². The van der Waals surface area contributed by atoms with E-state index < -0.39 is 0 Å². The van der Waals surface area contributed by atoms with Crippen LogP contribution < -0.4 is 16.0 Å².